The molecule has 1 amide bonds. The normalized spacial score (nSPS) is 19.2. The van der Waals surface area contributed by atoms with E-state index in [9.17, 15) is 4.79 Å². The van der Waals surface area contributed by atoms with E-state index in [1.165, 1.54) is 6.33 Å². The number of methoxy groups -OCH3 is 1. The van der Waals surface area contributed by atoms with Crippen LogP contribution in [0.3, 0.4) is 0 Å². The number of rotatable bonds is 5. The van der Waals surface area contributed by atoms with Crippen molar-refractivity contribution in [2.75, 3.05) is 31.2 Å². The van der Waals surface area contributed by atoms with Gasteiger partial charge in [0.15, 0.2) is 0 Å². The number of nitrogen functional groups attached to an aromatic ring is 1. The van der Waals surface area contributed by atoms with Crippen molar-refractivity contribution in [2.45, 2.75) is 38.2 Å². The number of amides is 1. The molecule has 1 aliphatic carbocycles. The Balaban J connectivity index is 1.68. The van der Waals surface area contributed by atoms with E-state index in [1.807, 2.05) is 12.1 Å². The molecule has 8 nitrogen and oxygen atoms in total. The van der Waals surface area contributed by atoms with Gasteiger partial charge < -0.3 is 25.8 Å². The Kier molecular flexibility index (Phi) is 4.49. The number of hydrogen-bond acceptors (Lipinski definition) is 7. The van der Waals surface area contributed by atoms with Crippen LogP contribution < -0.4 is 21.1 Å². The summed E-state index contributed by atoms with van der Waals surface area (Å²) in [6, 6.07) is 3.97. The third-order valence-corrected chi connectivity index (χ3v) is 5.44. The highest BCUT2D eigenvalue weighted by atomic mass is 16.6. The molecule has 2 aliphatic rings. The topological polar surface area (TPSA) is 111 Å². The molecule has 1 atom stereocenters. The Morgan fingerprint density at radius 2 is 2.21 bits per heavy atom. The number of cyclic esters (lactones) is 1. The maximum absolute atomic E-state index is 11.2. The summed E-state index contributed by atoms with van der Waals surface area (Å²) in [6.07, 6.45) is 2.54. The van der Waals surface area contributed by atoms with Crippen LogP contribution in [0, 0.1) is 0 Å². The molecule has 4 N–H and O–H groups in total. The predicted octanol–water partition coefficient (Wildman–Crippen LogP) is 2.48. The molecule has 1 aromatic carbocycles. The Labute approximate surface area is 163 Å². The first kappa shape index (κ1) is 18.3. The number of nitrogens with two attached hydrogens (primary N) is 1. The van der Waals surface area contributed by atoms with Gasteiger partial charge in [0.05, 0.1) is 25.0 Å². The fourth-order valence-electron chi connectivity index (χ4n) is 4.15. The Bertz CT molecular complexity index is 928. The van der Waals surface area contributed by atoms with Crippen molar-refractivity contribution in [3.63, 3.8) is 0 Å². The number of ether oxygens (including phenoxy) is 2. The van der Waals surface area contributed by atoms with Crippen LogP contribution in [-0.2, 0) is 16.6 Å². The van der Waals surface area contributed by atoms with Gasteiger partial charge in [-0.1, -0.05) is 13.8 Å². The molecular formula is C20H25N5O3. The lowest BCUT2D eigenvalue weighted by Gasteiger charge is -2.35. The number of carbonyl (C=O) groups excluding carboxylic acids is 1. The summed E-state index contributed by atoms with van der Waals surface area (Å²) >= 11 is 0. The lowest BCUT2D eigenvalue weighted by Crippen LogP contribution is -2.29. The van der Waals surface area contributed by atoms with Gasteiger partial charge in [0.25, 0.3) is 0 Å². The van der Waals surface area contributed by atoms with Gasteiger partial charge in [-0.25, -0.2) is 14.8 Å². The third kappa shape index (κ3) is 3.08. The largest absolute Gasteiger partial charge is 0.495 e. The van der Waals surface area contributed by atoms with E-state index in [4.69, 9.17) is 15.2 Å². The highest BCUT2D eigenvalue weighted by Crippen LogP contribution is 2.48. The molecule has 0 unspecified atom stereocenters. The first-order valence-electron chi connectivity index (χ1n) is 9.40. The number of nitrogens with one attached hydrogen (secondary N) is 2. The zero-order chi connectivity index (χ0) is 19.9. The maximum Gasteiger partial charge on any atom is 0.407 e. The Hall–Kier alpha value is -3.03. The van der Waals surface area contributed by atoms with E-state index < -0.39 is 0 Å². The Morgan fingerprint density at radius 3 is 2.93 bits per heavy atom. The number of aromatic nitrogens is 2. The summed E-state index contributed by atoms with van der Waals surface area (Å²) in [4.78, 5) is 19.9. The molecule has 1 fully saturated rings. The van der Waals surface area contributed by atoms with Crippen LogP contribution in [0.5, 0.6) is 5.75 Å². The first-order chi connectivity index (χ1) is 13.4. The van der Waals surface area contributed by atoms with Crippen LogP contribution in [0.4, 0.5) is 16.3 Å². The zero-order valence-electron chi connectivity index (χ0n) is 16.3. The monoisotopic (exact) mass is 383 g/mol. The quantitative estimate of drug-likeness (QED) is 0.727. The average molecular weight is 383 g/mol. The van der Waals surface area contributed by atoms with E-state index in [1.54, 1.807) is 7.11 Å². The standard InChI is InChI=1S/C20H25N5O3/c1-20(2)8-13-12(17-15(20)18(21)25-10-24-17)4-5-14(27-3)16(13)22-7-6-11-9-23-19(26)28-11/h4-5,10-11,22H,6-9H2,1-3H3,(H,23,26)(H2,21,24,25)/t11-/m1/s1. The second-order valence-electron chi connectivity index (χ2n) is 7.84. The van der Waals surface area contributed by atoms with E-state index in [0.717, 1.165) is 40.2 Å². The van der Waals surface area contributed by atoms with Crippen molar-refractivity contribution in [2.24, 2.45) is 0 Å². The minimum absolute atomic E-state index is 0.116. The van der Waals surface area contributed by atoms with Gasteiger partial charge in [0, 0.05) is 24.1 Å². The van der Waals surface area contributed by atoms with Crippen LogP contribution in [0.15, 0.2) is 18.5 Å². The third-order valence-electron chi connectivity index (χ3n) is 5.44. The van der Waals surface area contributed by atoms with E-state index in [0.29, 0.717) is 25.3 Å². The molecule has 1 aliphatic heterocycles. The van der Waals surface area contributed by atoms with Crippen molar-refractivity contribution in [1.82, 2.24) is 15.3 Å². The summed E-state index contributed by atoms with van der Waals surface area (Å²) in [6.45, 7) is 5.51. The summed E-state index contributed by atoms with van der Waals surface area (Å²) in [7, 11) is 1.66. The predicted molar refractivity (Wildman–Crippen MR) is 107 cm³/mol. The number of nitrogens with zero attached hydrogens (tertiary/aromatic N) is 2. The van der Waals surface area contributed by atoms with E-state index in [-0.39, 0.29) is 17.6 Å². The minimum atomic E-state index is -0.352. The number of fused-ring (bicyclic) bond motifs is 3. The smallest absolute Gasteiger partial charge is 0.407 e. The van der Waals surface area contributed by atoms with E-state index >= 15 is 0 Å². The Morgan fingerprint density at radius 1 is 1.39 bits per heavy atom. The van der Waals surface area contributed by atoms with Gasteiger partial charge in [0.1, 0.15) is 24.0 Å². The number of alkyl carbamates (subject to hydrolysis) is 1. The molecule has 28 heavy (non-hydrogen) atoms. The minimum Gasteiger partial charge on any atom is -0.495 e. The molecule has 2 aromatic rings. The molecule has 0 bridgehead atoms. The van der Waals surface area contributed by atoms with Crippen LogP contribution in [0.2, 0.25) is 0 Å². The summed E-state index contributed by atoms with van der Waals surface area (Å²) in [5, 5.41) is 6.18. The number of hydrogen-bond donors (Lipinski definition) is 3. The molecule has 0 saturated carbocycles. The summed E-state index contributed by atoms with van der Waals surface area (Å²) in [5.74, 6) is 1.31. The fourth-order valence-corrected chi connectivity index (χ4v) is 4.15. The van der Waals surface area contributed by atoms with Crippen molar-refractivity contribution in [3.8, 4) is 17.0 Å². The van der Waals surface area contributed by atoms with Crippen molar-refractivity contribution in [1.29, 1.82) is 0 Å². The molecule has 4 rings (SSSR count). The van der Waals surface area contributed by atoms with Crippen molar-refractivity contribution >= 4 is 17.6 Å². The zero-order valence-corrected chi connectivity index (χ0v) is 16.3. The lowest BCUT2D eigenvalue weighted by atomic mass is 9.71. The highest BCUT2D eigenvalue weighted by Gasteiger charge is 2.36. The van der Waals surface area contributed by atoms with Gasteiger partial charge in [-0.15, -0.1) is 0 Å². The van der Waals surface area contributed by atoms with Gasteiger partial charge >= 0.3 is 6.09 Å². The fraction of sp³-hybridized carbons (Fsp3) is 0.450. The van der Waals surface area contributed by atoms with Crippen LogP contribution in [0.1, 0.15) is 31.4 Å². The molecule has 2 heterocycles. The molecule has 0 spiro atoms. The second-order valence-corrected chi connectivity index (χ2v) is 7.84. The van der Waals surface area contributed by atoms with Gasteiger partial charge in [-0.05, 0) is 29.5 Å². The molecule has 1 aromatic heterocycles. The van der Waals surface area contributed by atoms with Crippen LogP contribution >= 0.6 is 0 Å². The summed E-state index contributed by atoms with van der Waals surface area (Å²) < 4.78 is 10.8. The lowest BCUT2D eigenvalue weighted by molar-refractivity contribution is 0.137. The van der Waals surface area contributed by atoms with Crippen molar-refractivity contribution < 1.29 is 14.3 Å². The van der Waals surface area contributed by atoms with E-state index in [2.05, 4.69) is 34.4 Å². The second kappa shape index (κ2) is 6.85. The first-order valence-corrected chi connectivity index (χ1v) is 9.40. The van der Waals surface area contributed by atoms with Gasteiger partial charge in [0.2, 0.25) is 0 Å². The number of carbonyl (C=O) groups is 1. The van der Waals surface area contributed by atoms with Crippen molar-refractivity contribution in [3.05, 3.63) is 29.6 Å². The molecule has 0 radical (unpaired) electrons. The summed E-state index contributed by atoms with van der Waals surface area (Å²) in [5.41, 5.74) is 11.0. The highest BCUT2D eigenvalue weighted by molar-refractivity contribution is 5.82. The maximum atomic E-state index is 11.2. The van der Waals surface area contributed by atoms with Gasteiger partial charge in [-0.3, -0.25) is 0 Å². The molecular weight excluding hydrogens is 358 g/mol. The molecule has 1 saturated heterocycles. The SMILES string of the molecule is COc1ccc2c(c1NCC[C@@H]1CNC(=O)O1)CC(C)(C)c1c(N)ncnc1-2. The molecule has 148 valence electrons. The number of benzene rings is 1. The number of anilines is 2. The molecule has 8 heteroatoms. The van der Waals surface area contributed by atoms with Gasteiger partial charge in [-0.2, -0.15) is 0 Å². The van der Waals surface area contributed by atoms with Crippen LogP contribution in [-0.4, -0.2) is 42.4 Å². The average Bonchev–Trinajstić information content (AvgIpc) is 3.06. The van der Waals surface area contributed by atoms with Crippen LogP contribution in [0.25, 0.3) is 11.3 Å².